The smallest absolute Gasteiger partial charge is 0.258 e. The molecular formula is C20H20ClN3O2. The summed E-state index contributed by atoms with van der Waals surface area (Å²) in [5, 5.41) is 4.16. The van der Waals surface area contributed by atoms with Crippen LogP contribution >= 0.6 is 11.6 Å². The highest BCUT2D eigenvalue weighted by atomic mass is 35.5. The van der Waals surface area contributed by atoms with Crippen LogP contribution in [0, 0.1) is 0 Å². The Balaban J connectivity index is 1.56. The van der Waals surface area contributed by atoms with Gasteiger partial charge in [-0.15, -0.1) is 0 Å². The van der Waals surface area contributed by atoms with Crippen LogP contribution < -0.4 is 10.9 Å². The quantitative estimate of drug-likeness (QED) is 0.694. The van der Waals surface area contributed by atoms with Crippen molar-refractivity contribution in [1.29, 1.82) is 0 Å². The van der Waals surface area contributed by atoms with Crippen LogP contribution in [0.5, 0.6) is 0 Å². The molecule has 5 nitrogen and oxygen atoms in total. The fourth-order valence-corrected chi connectivity index (χ4v) is 3.19. The number of rotatable bonds is 6. The number of carbonyl (C=O) groups excluding carboxylic acids is 1. The first-order valence-corrected chi connectivity index (χ1v) is 8.94. The first-order valence-electron chi connectivity index (χ1n) is 8.56. The molecule has 0 bridgehead atoms. The van der Waals surface area contributed by atoms with Crippen molar-refractivity contribution in [3.63, 3.8) is 0 Å². The minimum atomic E-state index is -0.158. The maximum absolute atomic E-state index is 12.2. The van der Waals surface area contributed by atoms with Gasteiger partial charge < -0.3 is 10.3 Å². The fourth-order valence-electron chi connectivity index (χ4n) is 2.89. The fraction of sp³-hybridized carbons (Fsp3) is 0.250. The van der Waals surface area contributed by atoms with E-state index in [1.54, 1.807) is 12.1 Å². The van der Waals surface area contributed by atoms with Gasteiger partial charge in [0.05, 0.1) is 16.9 Å². The molecule has 0 saturated heterocycles. The predicted molar refractivity (Wildman–Crippen MR) is 103 cm³/mol. The van der Waals surface area contributed by atoms with E-state index in [2.05, 4.69) is 15.3 Å². The third-order valence-corrected chi connectivity index (χ3v) is 4.57. The lowest BCUT2D eigenvalue weighted by atomic mass is 10.1. The van der Waals surface area contributed by atoms with Crippen LogP contribution in [0.1, 0.15) is 37.2 Å². The maximum atomic E-state index is 12.2. The van der Waals surface area contributed by atoms with E-state index in [-0.39, 0.29) is 17.5 Å². The van der Waals surface area contributed by atoms with Crippen LogP contribution in [0.15, 0.2) is 53.3 Å². The number of carbonyl (C=O) groups is 1. The van der Waals surface area contributed by atoms with E-state index >= 15 is 0 Å². The second-order valence-electron chi connectivity index (χ2n) is 6.19. The van der Waals surface area contributed by atoms with Gasteiger partial charge in [0, 0.05) is 17.9 Å². The molecule has 1 amide bonds. The van der Waals surface area contributed by atoms with E-state index in [0.717, 1.165) is 5.56 Å². The molecule has 0 aliphatic heterocycles. The van der Waals surface area contributed by atoms with Gasteiger partial charge in [-0.1, -0.05) is 41.9 Å². The Labute approximate surface area is 156 Å². The minimum absolute atomic E-state index is 0.0550. The molecule has 134 valence electrons. The van der Waals surface area contributed by atoms with Crippen LogP contribution in [0.2, 0.25) is 5.02 Å². The summed E-state index contributed by atoms with van der Waals surface area (Å²) >= 11 is 6.16. The Morgan fingerprint density at radius 2 is 1.92 bits per heavy atom. The third kappa shape index (κ3) is 4.29. The number of nitrogens with zero attached hydrogens (tertiary/aromatic N) is 1. The minimum Gasteiger partial charge on any atom is -0.350 e. The third-order valence-electron chi connectivity index (χ3n) is 4.23. The molecule has 3 rings (SSSR count). The molecule has 2 N–H and O–H groups in total. The number of nitrogens with one attached hydrogen (secondary N) is 2. The van der Waals surface area contributed by atoms with Crippen LogP contribution in [0.25, 0.3) is 10.9 Å². The average molecular weight is 370 g/mol. The molecule has 0 unspecified atom stereocenters. The first-order chi connectivity index (χ1) is 12.5. The molecule has 6 heteroatoms. The van der Waals surface area contributed by atoms with Gasteiger partial charge >= 0.3 is 0 Å². The molecule has 1 atom stereocenters. The Bertz CT molecular complexity index is 984. The number of hydrogen-bond donors (Lipinski definition) is 2. The number of para-hydroxylation sites is 1. The Kier molecular flexibility index (Phi) is 5.68. The van der Waals surface area contributed by atoms with Gasteiger partial charge in [-0.05, 0) is 37.1 Å². The van der Waals surface area contributed by atoms with Crippen LogP contribution in [-0.4, -0.2) is 15.9 Å². The Morgan fingerprint density at radius 1 is 1.19 bits per heavy atom. The summed E-state index contributed by atoms with van der Waals surface area (Å²) in [4.78, 5) is 31.4. The zero-order valence-corrected chi connectivity index (χ0v) is 15.2. The predicted octanol–water partition coefficient (Wildman–Crippen LogP) is 3.78. The second kappa shape index (κ2) is 8.15. The van der Waals surface area contributed by atoms with Gasteiger partial charge in [0.25, 0.3) is 5.56 Å². The number of aromatic amines is 1. The molecule has 0 spiro atoms. The van der Waals surface area contributed by atoms with E-state index in [0.29, 0.717) is 41.0 Å². The van der Waals surface area contributed by atoms with Gasteiger partial charge in [-0.25, -0.2) is 4.98 Å². The summed E-state index contributed by atoms with van der Waals surface area (Å²) < 4.78 is 0. The van der Waals surface area contributed by atoms with Gasteiger partial charge in [0.15, 0.2) is 0 Å². The van der Waals surface area contributed by atoms with Gasteiger partial charge in [-0.3, -0.25) is 9.59 Å². The molecule has 0 radical (unpaired) electrons. The van der Waals surface area contributed by atoms with E-state index in [1.165, 1.54) is 0 Å². The SMILES string of the molecule is C[C@@H](NC(=O)CCCc1nc2ccccc2c(=O)[nH]1)c1ccccc1Cl. The van der Waals surface area contributed by atoms with Gasteiger partial charge in [0.2, 0.25) is 5.91 Å². The molecule has 3 aromatic rings. The highest BCUT2D eigenvalue weighted by Gasteiger charge is 2.12. The molecule has 1 aromatic heterocycles. The number of aryl methyl sites for hydroxylation is 1. The number of hydrogen-bond acceptors (Lipinski definition) is 3. The van der Waals surface area contributed by atoms with E-state index in [9.17, 15) is 9.59 Å². The topological polar surface area (TPSA) is 74.8 Å². The van der Waals surface area contributed by atoms with Gasteiger partial charge in [0.1, 0.15) is 5.82 Å². The van der Waals surface area contributed by atoms with E-state index in [4.69, 9.17) is 11.6 Å². The molecule has 26 heavy (non-hydrogen) atoms. The van der Waals surface area contributed by atoms with Crippen molar-refractivity contribution >= 4 is 28.4 Å². The molecule has 1 heterocycles. The van der Waals surface area contributed by atoms with Crippen molar-refractivity contribution in [2.24, 2.45) is 0 Å². The lowest BCUT2D eigenvalue weighted by Gasteiger charge is -2.15. The second-order valence-corrected chi connectivity index (χ2v) is 6.60. The summed E-state index contributed by atoms with van der Waals surface area (Å²) in [6, 6.07) is 14.5. The van der Waals surface area contributed by atoms with Crippen LogP contribution in [0.4, 0.5) is 0 Å². The molecule has 0 saturated carbocycles. The monoisotopic (exact) mass is 369 g/mol. The largest absolute Gasteiger partial charge is 0.350 e. The van der Waals surface area contributed by atoms with Crippen molar-refractivity contribution < 1.29 is 4.79 Å². The number of aromatic nitrogens is 2. The number of benzene rings is 2. The van der Waals surface area contributed by atoms with Crippen molar-refractivity contribution in [3.05, 3.63) is 75.3 Å². The lowest BCUT2D eigenvalue weighted by molar-refractivity contribution is -0.121. The van der Waals surface area contributed by atoms with E-state index < -0.39 is 0 Å². The van der Waals surface area contributed by atoms with Crippen molar-refractivity contribution in [2.75, 3.05) is 0 Å². The summed E-state index contributed by atoms with van der Waals surface area (Å²) in [5.41, 5.74) is 1.41. The zero-order valence-electron chi connectivity index (χ0n) is 14.5. The average Bonchev–Trinajstić information content (AvgIpc) is 2.62. The first kappa shape index (κ1) is 18.1. The summed E-state index contributed by atoms with van der Waals surface area (Å²) in [6.07, 6.45) is 1.49. The number of fused-ring (bicyclic) bond motifs is 1. The lowest BCUT2D eigenvalue weighted by Crippen LogP contribution is -2.26. The van der Waals surface area contributed by atoms with Crippen LogP contribution in [0.3, 0.4) is 0 Å². The number of halogens is 1. The molecule has 0 fully saturated rings. The molecule has 2 aromatic carbocycles. The summed E-state index contributed by atoms with van der Waals surface area (Å²) in [7, 11) is 0. The summed E-state index contributed by atoms with van der Waals surface area (Å²) in [6.45, 7) is 1.90. The number of H-pyrrole nitrogens is 1. The normalized spacial score (nSPS) is 12.1. The highest BCUT2D eigenvalue weighted by molar-refractivity contribution is 6.31. The van der Waals surface area contributed by atoms with Crippen molar-refractivity contribution in [1.82, 2.24) is 15.3 Å². The Hall–Kier alpha value is -2.66. The van der Waals surface area contributed by atoms with E-state index in [1.807, 2.05) is 43.3 Å². The van der Waals surface area contributed by atoms with Crippen molar-refractivity contribution in [3.8, 4) is 0 Å². The maximum Gasteiger partial charge on any atom is 0.258 e. The Morgan fingerprint density at radius 3 is 2.73 bits per heavy atom. The van der Waals surface area contributed by atoms with Crippen molar-refractivity contribution in [2.45, 2.75) is 32.2 Å². The van der Waals surface area contributed by atoms with Crippen LogP contribution in [-0.2, 0) is 11.2 Å². The highest BCUT2D eigenvalue weighted by Crippen LogP contribution is 2.22. The molecule has 0 aliphatic rings. The molecule has 0 aliphatic carbocycles. The zero-order chi connectivity index (χ0) is 18.5. The number of amides is 1. The van der Waals surface area contributed by atoms with Gasteiger partial charge in [-0.2, -0.15) is 0 Å². The molecular weight excluding hydrogens is 350 g/mol. The summed E-state index contributed by atoms with van der Waals surface area (Å²) in [5.74, 6) is 0.543. The standard InChI is InChI=1S/C20H20ClN3O2/c1-13(14-7-2-4-9-16(14)21)22-19(25)12-6-11-18-23-17-10-5-3-8-15(17)20(26)24-18/h2-5,7-10,13H,6,11-12H2,1H3,(H,22,25)(H,23,24,26)/t13-/m1/s1.